The number of ether oxygens (including phenoxy) is 1. The van der Waals surface area contributed by atoms with E-state index in [4.69, 9.17) is 11.6 Å². The third-order valence-corrected chi connectivity index (χ3v) is 2.80. The van der Waals surface area contributed by atoms with Gasteiger partial charge in [0.1, 0.15) is 5.15 Å². The lowest BCUT2D eigenvalue weighted by Gasteiger charge is -2.07. The van der Waals surface area contributed by atoms with Gasteiger partial charge in [-0.2, -0.15) is 0 Å². The summed E-state index contributed by atoms with van der Waals surface area (Å²) >= 11 is 5.80. The molecule has 5 heteroatoms. The SMILES string of the molecule is COC(=O)c1ccc(CNc2ccnc(Cl)c2)cc1. The van der Waals surface area contributed by atoms with Crippen molar-refractivity contribution in [2.24, 2.45) is 0 Å². The topological polar surface area (TPSA) is 51.2 Å². The molecule has 2 aromatic rings. The zero-order valence-electron chi connectivity index (χ0n) is 10.4. The van der Waals surface area contributed by atoms with Gasteiger partial charge in [0.05, 0.1) is 12.7 Å². The Morgan fingerprint density at radius 1 is 1.32 bits per heavy atom. The summed E-state index contributed by atoms with van der Waals surface area (Å²) in [6.07, 6.45) is 1.64. The lowest BCUT2D eigenvalue weighted by Crippen LogP contribution is -2.03. The van der Waals surface area contributed by atoms with E-state index in [2.05, 4.69) is 15.0 Å². The Labute approximate surface area is 116 Å². The second-order valence-electron chi connectivity index (χ2n) is 3.91. The molecule has 1 heterocycles. The molecule has 1 N–H and O–H groups in total. The molecule has 0 atom stereocenters. The molecule has 0 amide bonds. The number of halogens is 1. The number of nitrogens with zero attached hydrogens (tertiary/aromatic N) is 1. The Kier molecular flexibility index (Phi) is 4.36. The number of anilines is 1. The van der Waals surface area contributed by atoms with E-state index in [1.807, 2.05) is 18.2 Å². The summed E-state index contributed by atoms with van der Waals surface area (Å²) in [5.41, 5.74) is 2.50. The van der Waals surface area contributed by atoms with E-state index in [0.717, 1.165) is 11.3 Å². The van der Waals surface area contributed by atoms with Crippen LogP contribution in [-0.2, 0) is 11.3 Å². The second kappa shape index (κ2) is 6.20. The van der Waals surface area contributed by atoms with Gasteiger partial charge in [-0.15, -0.1) is 0 Å². The first-order chi connectivity index (χ1) is 9.19. The molecular formula is C14H13ClN2O2. The van der Waals surface area contributed by atoms with Crippen LogP contribution in [0.2, 0.25) is 5.15 Å². The average molecular weight is 277 g/mol. The Bertz CT molecular complexity index is 570. The van der Waals surface area contributed by atoms with Gasteiger partial charge in [0, 0.05) is 18.4 Å². The van der Waals surface area contributed by atoms with E-state index in [0.29, 0.717) is 17.3 Å². The van der Waals surface area contributed by atoms with Crippen LogP contribution in [0.3, 0.4) is 0 Å². The number of carbonyl (C=O) groups is 1. The average Bonchev–Trinajstić information content (AvgIpc) is 2.45. The first-order valence-electron chi connectivity index (χ1n) is 5.72. The highest BCUT2D eigenvalue weighted by molar-refractivity contribution is 6.29. The minimum absolute atomic E-state index is 0.333. The summed E-state index contributed by atoms with van der Waals surface area (Å²) in [5.74, 6) is -0.333. The third-order valence-electron chi connectivity index (χ3n) is 2.60. The van der Waals surface area contributed by atoms with Gasteiger partial charge in [-0.25, -0.2) is 9.78 Å². The lowest BCUT2D eigenvalue weighted by atomic mass is 10.1. The number of rotatable bonds is 4. The summed E-state index contributed by atoms with van der Waals surface area (Å²) < 4.78 is 4.64. The van der Waals surface area contributed by atoms with Gasteiger partial charge < -0.3 is 10.1 Å². The third kappa shape index (κ3) is 3.69. The molecule has 19 heavy (non-hydrogen) atoms. The predicted octanol–water partition coefficient (Wildman–Crippen LogP) is 3.13. The number of nitrogens with one attached hydrogen (secondary N) is 1. The van der Waals surface area contributed by atoms with Gasteiger partial charge in [0.15, 0.2) is 0 Å². The van der Waals surface area contributed by atoms with E-state index < -0.39 is 0 Å². The fraction of sp³-hybridized carbons (Fsp3) is 0.143. The Morgan fingerprint density at radius 2 is 2.05 bits per heavy atom. The highest BCUT2D eigenvalue weighted by Gasteiger charge is 2.04. The van der Waals surface area contributed by atoms with Crippen molar-refractivity contribution in [2.45, 2.75) is 6.54 Å². The molecule has 0 spiro atoms. The van der Waals surface area contributed by atoms with E-state index >= 15 is 0 Å². The van der Waals surface area contributed by atoms with Crippen molar-refractivity contribution in [3.63, 3.8) is 0 Å². The van der Waals surface area contributed by atoms with Crippen molar-refractivity contribution in [2.75, 3.05) is 12.4 Å². The molecule has 0 radical (unpaired) electrons. The van der Waals surface area contributed by atoms with Crippen molar-refractivity contribution in [1.82, 2.24) is 4.98 Å². The molecule has 1 aromatic carbocycles. The molecule has 4 nitrogen and oxygen atoms in total. The van der Waals surface area contributed by atoms with Crippen LogP contribution < -0.4 is 5.32 Å². The van der Waals surface area contributed by atoms with Crippen LogP contribution in [0.1, 0.15) is 15.9 Å². The normalized spacial score (nSPS) is 10.0. The molecule has 2 rings (SSSR count). The zero-order valence-corrected chi connectivity index (χ0v) is 11.1. The number of aromatic nitrogens is 1. The predicted molar refractivity (Wildman–Crippen MR) is 74.4 cm³/mol. The number of hydrogen-bond donors (Lipinski definition) is 1. The molecule has 0 saturated carbocycles. The molecule has 0 aliphatic heterocycles. The first kappa shape index (κ1) is 13.4. The fourth-order valence-electron chi connectivity index (χ4n) is 1.59. The van der Waals surface area contributed by atoms with Crippen LogP contribution in [0.15, 0.2) is 42.6 Å². The van der Waals surface area contributed by atoms with Gasteiger partial charge >= 0.3 is 5.97 Å². The summed E-state index contributed by atoms with van der Waals surface area (Å²) in [6, 6.07) is 10.8. The van der Waals surface area contributed by atoms with Crippen molar-refractivity contribution < 1.29 is 9.53 Å². The quantitative estimate of drug-likeness (QED) is 0.688. The maximum atomic E-state index is 11.3. The van der Waals surface area contributed by atoms with E-state index in [9.17, 15) is 4.79 Å². The molecule has 0 saturated heterocycles. The number of hydrogen-bond acceptors (Lipinski definition) is 4. The van der Waals surface area contributed by atoms with Crippen LogP contribution >= 0.6 is 11.6 Å². The standard InChI is InChI=1S/C14H13ClN2O2/c1-19-14(18)11-4-2-10(3-5-11)9-17-12-6-7-16-13(15)8-12/h2-8H,9H2,1H3,(H,16,17). The van der Waals surface area contributed by atoms with Crippen LogP contribution in [0, 0.1) is 0 Å². The molecule has 0 fully saturated rings. The Balaban J connectivity index is 1.98. The summed E-state index contributed by atoms with van der Waals surface area (Å²) in [6.45, 7) is 0.641. The molecule has 0 unspecified atom stereocenters. The monoisotopic (exact) mass is 276 g/mol. The Hall–Kier alpha value is -2.07. The minimum Gasteiger partial charge on any atom is -0.465 e. The number of pyridine rings is 1. The van der Waals surface area contributed by atoms with Crippen LogP contribution in [-0.4, -0.2) is 18.1 Å². The van der Waals surface area contributed by atoms with Crippen molar-refractivity contribution in [3.8, 4) is 0 Å². The highest BCUT2D eigenvalue weighted by Crippen LogP contribution is 2.13. The molecule has 0 aliphatic carbocycles. The molecule has 98 valence electrons. The van der Waals surface area contributed by atoms with Crippen molar-refractivity contribution in [1.29, 1.82) is 0 Å². The van der Waals surface area contributed by atoms with Crippen LogP contribution in [0.5, 0.6) is 0 Å². The number of benzene rings is 1. The number of esters is 1. The first-order valence-corrected chi connectivity index (χ1v) is 6.09. The van der Waals surface area contributed by atoms with E-state index in [1.54, 1.807) is 24.4 Å². The highest BCUT2D eigenvalue weighted by atomic mass is 35.5. The molecule has 0 bridgehead atoms. The summed E-state index contributed by atoms with van der Waals surface area (Å²) in [4.78, 5) is 15.2. The van der Waals surface area contributed by atoms with Gasteiger partial charge in [0.2, 0.25) is 0 Å². The zero-order chi connectivity index (χ0) is 13.7. The second-order valence-corrected chi connectivity index (χ2v) is 4.30. The molecule has 1 aromatic heterocycles. The van der Waals surface area contributed by atoms with Gasteiger partial charge in [-0.05, 0) is 29.8 Å². The number of methoxy groups -OCH3 is 1. The van der Waals surface area contributed by atoms with Gasteiger partial charge in [-0.3, -0.25) is 0 Å². The van der Waals surface area contributed by atoms with Gasteiger partial charge in [0.25, 0.3) is 0 Å². The van der Waals surface area contributed by atoms with E-state index in [1.165, 1.54) is 7.11 Å². The number of carbonyl (C=O) groups excluding carboxylic acids is 1. The maximum Gasteiger partial charge on any atom is 0.337 e. The van der Waals surface area contributed by atoms with Crippen LogP contribution in [0.4, 0.5) is 5.69 Å². The van der Waals surface area contributed by atoms with Crippen LogP contribution in [0.25, 0.3) is 0 Å². The van der Waals surface area contributed by atoms with E-state index in [-0.39, 0.29) is 5.97 Å². The molecular weight excluding hydrogens is 264 g/mol. The van der Waals surface area contributed by atoms with Crippen molar-refractivity contribution in [3.05, 3.63) is 58.9 Å². The summed E-state index contributed by atoms with van der Waals surface area (Å²) in [7, 11) is 1.37. The van der Waals surface area contributed by atoms with Crippen molar-refractivity contribution >= 4 is 23.3 Å². The Morgan fingerprint density at radius 3 is 2.68 bits per heavy atom. The minimum atomic E-state index is -0.333. The summed E-state index contributed by atoms with van der Waals surface area (Å²) in [5, 5.41) is 3.67. The maximum absolute atomic E-state index is 11.3. The largest absolute Gasteiger partial charge is 0.465 e. The molecule has 0 aliphatic rings. The fourth-order valence-corrected chi connectivity index (χ4v) is 1.77. The lowest BCUT2D eigenvalue weighted by molar-refractivity contribution is 0.0600. The van der Waals surface area contributed by atoms with Gasteiger partial charge in [-0.1, -0.05) is 23.7 Å². The smallest absolute Gasteiger partial charge is 0.337 e.